The van der Waals surface area contributed by atoms with E-state index in [2.05, 4.69) is 10.3 Å². The second kappa shape index (κ2) is 4.87. The third-order valence-corrected chi connectivity index (χ3v) is 2.19. The molecule has 0 saturated carbocycles. The zero-order valence-electron chi connectivity index (χ0n) is 7.84. The summed E-state index contributed by atoms with van der Waals surface area (Å²) in [4.78, 5) is 4.08. The van der Waals surface area contributed by atoms with E-state index in [4.69, 9.17) is 11.6 Å². The Labute approximate surface area is 83.6 Å². The van der Waals surface area contributed by atoms with Crippen LogP contribution in [-0.4, -0.2) is 11.5 Å². The largest absolute Gasteiger partial charge is 0.380 e. The fraction of sp³-hybridized carbons (Fsp3) is 0.300. The van der Waals surface area contributed by atoms with Gasteiger partial charge in [0, 0.05) is 12.7 Å². The Kier molecular flexibility index (Phi) is 3.77. The number of hydrogen-bond acceptors (Lipinski definition) is 2. The molecule has 0 unspecified atom stereocenters. The molecule has 0 fully saturated rings. The number of aryl methyl sites for hydroxylation is 1. The van der Waals surface area contributed by atoms with Gasteiger partial charge in [0.25, 0.3) is 0 Å². The minimum absolute atomic E-state index is 0.701. The van der Waals surface area contributed by atoms with Crippen LogP contribution in [0, 0.1) is 6.92 Å². The van der Waals surface area contributed by atoms with Crippen LogP contribution in [0.25, 0.3) is 0 Å². The average molecular weight is 197 g/mol. The first kappa shape index (κ1) is 10.1. The predicted octanol–water partition coefficient (Wildman–Crippen LogP) is 3.03. The van der Waals surface area contributed by atoms with E-state index in [1.165, 1.54) is 0 Å². The second-order valence-corrected chi connectivity index (χ2v) is 3.09. The number of rotatable bonds is 3. The summed E-state index contributed by atoms with van der Waals surface area (Å²) >= 11 is 6.02. The van der Waals surface area contributed by atoms with Gasteiger partial charge in [0.1, 0.15) is 0 Å². The maximum Gasteiger partial charge on any atom is 0.0849 e. The van der Waals surface area contributed by atoms with E-state index in [0.29, 0.717) is 5.02 Å². The number of anilines is 1. The molecular weight excluding hydrogens is 184 g/mol. The van der Waals surface area contributed by atoms with Crippen molar-refractivity contribution >= 4 is 17.3 Å². The van der Waals surface area contributed by atoms with Crippen molar-refractivity contribution in [3.05, 3.63) is 35.1 Å². The van der Waals surface area contributed by atoms with Gasteiger partial charge in [-0.2, -0.15) is 0 Å². The van der Waals surface area contributed by atoms with Gasteiger partial charge < -0.3 is 5.32 Å². The number of aromatic nitrogens is 1. The molecule has 0 aromatic carbocycles. The molecule has 70 valence electrons. The van der Waals surface area contributed by atoms with Gasteiger partial charge in [-0.25, -0.2) is 0 Å². The lowest BCUT2D eigenvalue weighted by molar-refractivity contribution is 1.19. The lowest BCUT2D eigenvalue weighted by Crippen LogP contribution is -1.99. The van der Waals surface area contributed by atoms with E-state index in [1.54, 1.807) is 6.20 Å². The molecule has 0 aliphatic rings. The van der Waals surface area contributed by atoms with E-state index in [-0.39, 0.29) is 0 Å². The van der Waals surface area contributed by atoms with Gasteiger partial charge in [0.15, 0.2) is 0 Å². The Morgan fingerprint density at radius 3 is 3.08 bits per heavy atom. The van der Waals surface area contributed by atoms with Crippen LogP contribution in [0.3, 0.4) is 0 Å². The molecular formula is C10H13ClN2. The monoisotopic (exact) mass is 196 g/mol. The maximum absolute atomic E-state index is 6.02. The summed E-state index contributed by atoms with van der Waals surface area (Å²) in [5, 5.41) is 3.90. The summed E-state index contributed by atoms with van der Waals surface area (Å²) in [6.07, 6.45) is 5.78. The average Bonchev–Trinajstić information content (AvgIpc) is 2.13. The molecule has 13 heavy (non-hydrogen) atoms. The number of hydrogen-bond donors (Lipinski definition) is 1. The number of allylic oxidation sites excluding steroid dienone is 1. The van der Waals surface area contributed by atoms with Crippen LogP contribution >= 0.6 is 11.6 Å². The first-order valence-electron chi connectivity index (χ1n) is 4.22. The molecule has 0 spiro atoms. The van der Waals surface area contributed by atoms with Gasteiger partial charge in [-0.1, -0.05) is 23.8 Å². The lowest BCUT2D eigenvalue weighted by Gasteiger charge is -2.06. The Morgan fingerprint density at radius 1 is 1.62 bits per heavy atom. The van der Waals surface area contributed by atoms with Crippen LogP contribution in [0.2, 0.25) is 5.02 Å². The summed E-state index contributed by atoms with van der Waals surface area (Å²) in [7, 11) is 0. The quantitative estimate of drug-likeness (QED) is 0.752. The van der Waals surface area contributed by atoms with Gasteiger partial charge in [-0.05, 0) is 19.9 Å². The molecule has 1 aromatic rings. The fourth-order valence-corrected chi connectivity index (χ4v) is 1.15. The molecule has 0 saturated heterocycles. The molecule has 0 amide bonds. The SMILES string of the molecule is C/C=C/CNc1ccnc(C)c1Cl. The molecule has 1 aromatic heterocycles. The zero-order valence-corrected chi connectivity index (χ0v) is 8.60. The molecule has 1 N–H and O–H groups in total. The zero-order chi connectivity index (χ0) is 9.68. The molecule has 0 radical (unpaired) electrons. The highest BCUT2D eigenvalue weighted by Gasteiger charge is 2.01. The summed E-state index contributed by atoms with van der Waals surface area (Å²) in [5.41, 5.74) is 1.79. The Morgan fingerprint density at radius 2 is 2.38 bits per heavy atom. The van der Waals surface area contributed by atoms with Gasteiger partial charge in [-0.3, -0.25) is 4.98 Å². The smallest absolute Gasteiger partial charge is 0.0849 e. The van der Waals surface area contributed by atoms with E-state index in [0.717, 1.165) is 17.9 Å². The summed E-state index contributed by atoms with van der Waals surface area (Å²) < 4.78 is 0. The molecule has 2 nitrogen and oxygen atoms in total. The van der Waals surface area contributed by atoms with Crippen molar-refractivity contribution < 1.29 is 0 Å². The van der Waals surface area contributed by atoms with Crippen LogP contribution in [0.1, 0.15) is 12.6 Å². The topological polar surface area (TPSA) is 24.9 Å². The summed E-state index contributed by atoms with van der Waals surface area (Å²) in [5.74, 6) is 0. The van der Waals surface area contributed by atoms with Crippen LogP contribution in [0.15, 0.2) is 24.4 Å². The summed E-state index contributed by atoms with van der Waals surface area (Å²) in [6, 6.07) is 1.87. The molecule has 0 aliphatic heterocycles. The van der Waals surface area contributed by atoms with Crippen LogP contribution in [0.4, 0.5) is 5.69 Å². The lowest BCUT2D eigenvalue weighted by atomic mass is 10.3. The van der Waals surface area contributed by atoms with Crippen molar-refractivity contribution in [2.24, 2.45) is 0 Å². The minimum Gasteiger partial charge on any atom is -0.380 e. The van der Waals surface area contributed by atoms with Crippen LogP contribution in [0.5, 0.6) is 0 Å². The standard InChI is InChI=1S/C10H13ClN2/c1-3-4-6-13-9-5-7-12-8(2)10(9)11/h3-5,7H,6H2,1-2H3,(H,12,13)/b4-3+. The van der Waals surface area contributed by atoms with Crippen LogP contribution in [-0.2, 0) is 0 Å². The van der Waals surface area contributed by atoms with Gasteiger partial charge >= 0.3 is 0 Å². The highest BCUT2D eigenvalue weighted by atomic mass is 35.5. The fourth-order valence-electron chi connectivity index (χ4n) is 0.972. The Hall–Kier alpha value is -1.02. The van der Waals surface area contributed by atoms with Crippen LogP contribution < -0.4 is 5.32 Å². The normalized spacial score (nSPS) is 10.7. The maximum atomic E-state index is 6.02. The number of nitrogens with one attached hydrogen (secondary N) is 1. The number of pyridine rings is 1. The van der Waals surface area contributed by atoms with Crippen molar-refractivity contribution in [3.8, 4) is 0 Å². The molecule has 3 heteroatoms. The van der Waals surface area contributed by atoms with Crippen molar-refractivity contribution in [1.82, 2.24) is 4.98 Å². The van der Waals surface area contributed by atoms with E-state index < -0.39 is 0 Å². The summed E-state index contributed by atoms with van der Waals surface area (Å²) in [6.45, 7) is 4.67. The van der Waals surface area contributed by atoms with Crippen molar-refractivity contribution in [2.75, 3.05) is 11.9 Å². The predicted molar refractivity (Wildman–Crippen MR) is 57.3 cm³/mol. The third-order valence-electron chi connectivity index (χ3n) is 1.71. The van der Waals surface area contributed by atoms with E-state index in [1.807, 2.05) is 32.1 Å². The molecule has 1 heterocycles. The molecule has 0 aliphatic carbocycles. The van der Waals surface area contributed by atoms with Crippen molar-refractivity contribution in [1.29, 1.82) is 0 Å². The molecule has 1 rings (SSSR count). The Balaban J connectivity index is 2.71. The van der Waals surface area contributed by atoms with Crippen molar-refractivity contribution in [2.45, 2.75) is 13.8 Å². The molecule has 0 bridgehead atoms. The van der Waals surface area contributed by atoms with Gasteiger partial charge in [0.05, 0.1) is 16.4 Å². The second-order valence-electron chi connectivity index (χ2n) is 2.71. The highest BCUT2D eigenvalue weighted by molar-refractivity contribution is 6.33. The van der Waals surface area contributed by atoms with Crippen molar-refractivity contribution in [3.63, 3.8) is 0 Å². The number of nitrogens with zero attached hydrogens (tertiary/aromatic N) is 1. The third kappa shape index (κ3) is 2.74. The van der Waals surface area contributed by atoms with Gasteiger partial charge in [0.2, 0.25) is 0 Å². The minimum atomic E-state index is 0.701. The first-order chi connectivity index (χ1) is 6.25. The first-order valence-corrected chi connectivity index (χ1v) is 4.59. The van der Waals surface area contributed by atoms with Gasteiger partial charge in [-0.15, -0.1) is 0 Å². The Bertz CT molecular complexity index is 308. The van der Waals surface area contributed by atoms with E-state index >= 15 is 0 Å². The number of halogens is 1. The molecule has 0 atom stereocenters. The highest BCUT2D eigenvalue weighted by Crippen LogP contribution is 2.22. The van der Waals surface area contributed by atoms with E-state index in [9.17, 15) is 0 Å².